The lowest BCUT2D eigenvalue weighted by Gasteiger charge is -2.39. The first-order chi connectivity index (χ1) is 21.2. The van der Waals surface area contributed by atoms with E-state index in [9.17, 15) is 19.5 Å². The lowest BCUT2D eigenvalue weighted by Crippen LogP contribution is -2.57. The number of ether oxygens (including phenoxy) is 2. The smallest absolute Gasteiger partial charge is 0.251 e. The summed E-state index contributed by atoms with van der Waals surface area (Å²) in [5, 5.41) is 10.3. The second-order valence-electron chi connectivity index (χ2n) is 11.9. The molecule has 44 heavy (non-hydrogen) atoms. The Balaban J connectivity index is 1.43. The molecule has 0 saturated carbocycles. The van der Waals surface area contributed by atoms with Gasteiger partial charge in [-0.05, 0) is 61.4 Å². The number of fused-ring (bicyclic) bond motifs is 2. The van der Waals surface area contributed by atoms with Gasteiger partial charge in [0.25, 0.3) is 5.91 Å². The minimum Gasteiger partial charge on any atom is -0.497 e. The van der Waals surface area contributed by atoms with E-state index in [0.29, 0.717) is 31.1 Å². The molecule has 2 aromatic carbocycles. The van der Waals surface area contributed by atoms with Crippen molar-refractivity contribution in [3.8, 4) is 11.5 Å². The van der Waals surface area contributed by atoms with Crippen molar-refractivity contribution in [2.75, 3.05) is 43.2 Å². The summed E-state index contributed by atoms with van der Waals surface area (Å²) in [4.78, 5) is 48.9. The molecule has 0 aliphatic carbocycles. The number of anilines is 2. The van der Waals surface area contributed by atoms with Crippen molar-refractivity contribution in [3.63, 3.8) is 0 Å². The number of rotatable bonds is 8. The van der Waals surface area contributed by atoms with Gasteiger partial charge in [-0.15, -0.1) is 11.8 Å². The minimum atomic E-state index is -0.977. The molecule has 232 valence electrons. The molecule has 2 aromatic rings. The van der Waals surface area contributed by atoms with Crippen LogP contribution in [-0.4, -0.2) is 83.2 Å². The molecule has 1 spiro atoms. The summed E-state index contributed by atoms with van der Waals surface area (Å²) in [5.41, 5.74) is 1.41. The van der Waals surface area contributed by atoms with Crippen LogP contribution in [0.2, 0.25) is 0 Å². The van der Waals surface area contributed by atoms with Crippen LogP contribution in [0.4, 0.5) is 11.4 Å². The van der Waals surface area contributed by atoms with Gasteiger partial charge in [0.2, 0.25) is 11.8 Å². The average molecular weight is 618 g/mol. The largest absolute Gasteiger partial charge is 0.497 e. The van der Waals surface area contributed by atoms with Crippen LogP contribution in [-0.2, 0) is 14.4 Å². The number of aliphatic hydroxyl groups excluding tert-OH is 1. The number of hydrogen-bond donors (Lipinski definition) is 1. The van der Waals surface area contributed by atoms with Crippen molar-refractivity contribution in [1.82, 2.24) is 4.90 Å². The Morgan fingerprint density at radius 2 is 1.52 bits per heavy atom. The van der Waals surface area contributed by atoms with Crippen LogP contribution in [0.1, 0.15) is 20.8 Å². The molecular formula is C34H39N3O6S. The highest BCUT2D eigenvalue weighted by Crippen LogP contribution is 2.61. The number of thioether (sulfide) groups is 1. The highest BCUT2D eigenvalue weighted by Gasteiger charge is 2.72. The summed E-state index contributed by atoms with van der Waals surface area (Å²) in [6.07, 6.45) is 7.96. The Morgan fingerprint density at radius 1 is 0.909 bits per heavy atom. The van der Waals surface area contributed by atoms with Crippen LogP contribution in [0.15, 0.2) is 72.8 Å². The molecule has 0 bridgehead atoms. The fourth-order valence-corrected chi connectivity index (χ4v) is 9.16. The molecular weight excluding hydrogens is 578 g/mol. The lowest BCUT2D eigenvalue weighted by molar-refractivity contribution is -0.142. The van der Waals surface area contributed by atoms with E-state index in [1.165, 1.54) is 11.8 Å². The van der Waals surface area contributed by atoms with E-state index in [2.05, 4.69) is 0 Å². The third-order valence-corrected chi connectivity index (χ3v) is 11.0. The number of methoxy groups -OCH3 is 1. The molecule has 2 fully saturated rings. The van der Waals surface area contributed by atoms with E-state index in [0.717, 1.165) is 11.4 Å². The zero-order valence-corrected chi connectivity index (χ0v) is 26.3. The highest BCUT2D eigenvalue weighted by molar-refractivity contribution is 8.02. The zero-order valence-electron chi connectivity index (χ0n) is 25.5. The van der Waals surface area contributed by atoms with Gasteiger partial charge < -0.3 is 29.3 Å². The zero-order chi connectivity index (χ0) is 31.2. The predicted molar refractivity (Wildman–Crippen MR) is 171 cm³/mol. The Kier molecular flexibility index (Phi) is 8.24. The predicted octanol–water partition coefficient (Wildman–Crippen LogP) is 3.91. The summed E-state index contributed by atoms with van der Waals surface area (Å²) in [6.45, 7) is 6.76. The average Bonchev–Trinajstić information content (AvgIpc) is 3.33. The molecule has 10 heteroatoms. The first kappa shape index (κ1) is 30.3. The van der Waals surface area contributed by atoms with Crippen LogP contribution in [0.25, 0.3) is 0 Å². The molecule has 2 saturated heterocycles. The van der Waals surface area contributed by atoms with Crippen LogP contribution in [0, 0.1) is 17.8 Å². The number of carbonyl (C=O) groups is 3. The number of carbonyl (C=O) groups excluding carboxylic acids is 3. The maximum Gasteiger partial charge on any atom is 0.251 e. The second kappa shape index (κ2) is 12.0. The molecule has 4 aliphatic heterocycles. The molecule has 0 aromatic heterocycles. The standard InChI is InChI=1S/C34H39N3O6S/c1-5-43-25-15-11-22(12-16-25)35-18-6-8-27-28(31(35)39)29-32(40)37(26(20-38)21(2)3)30-33(41)36(19-7-17-34(29,30)44-27)23-9-13-24(42-4)14-10-23/h6-17,21,26-30,38H,5,18-20H2,1-4H3/t26-,27+,28-,29-,30?,34-/m0/s1. The van der Waals surface area contributed by atoms with Crippen LogP contribution in [0.5, 0.6) is 11.5 Å². The van der Waals surface area contributed by atoms with E-state index >= 15 is 0 Å². The SMILES string of the molecule is CCOc1ccc(N2CC=C[C@H]3S[C@]45C=CCN(c6ccc(OC)cc6)C(=O)C4N([C@@H](CO)C(C)C)C(=O)[C@@H]5[C@H]3C2=O)cc1. The monoisotopic (exact) mass is 617 g/mol. The van der Waals surface area contributed by atoms with Gasteiger partial charge in [-0.1, -0.05) is 38.2 Å². The maximum absolute atomic E-state index is 14.7. The summed E-state index contributed by atoms with van der Waals surface area (Å²) in [5.74, 6) is -0.788. The van der Waals surface area contributed by atoms with Crippen molar-refractivity contribution in [2.45, 2.75) is 42.9 Å². The first-order valence-corrected chi connectivity index (χ1v) is 16.1. The van der Waals surface area contributed by atoms with Crippen LogP contribution >= 0.6 is 11.8 Å². The normalized spacial score (nSPS) is 28.5. The van der Waals surface area contributed by atoms with Gasteiger partial charge in [0.1, 0.15) is 17.5 Å². The third-order valence-electron chi connectivity index (χ3n) is 9.25. The van der Waals surface area contributed by atoms with E-state index in [1.54, 1.807) is 33.9 Å². The molecule has 3 amide bonds. The van der Waals surface area contributed by atoms with Crippen LogP contribution < -0.4 is 19.3 Å². The van der Waals surface area contributed by atoms with Crippen molar-refractivity contribution in [1.29, 1.82) is 0 Å². The molecule has 4 heterocycles. The Labute approximate surface area is 262 Å². The number of hydrogen-bond acceptors (Lipinski definition) is 7. The number of benzene rings is 2. The Hall–Kier alpha value is -3.76. The van der Waals surface area contributed by atoms with E-state index in [-0.39, 0.29) is 35.5 Å². The summed E-state index contributed by atoms with van der Waals surface area (Å²) < 4.78 is 9.94. The number of amides is 3. The fourth-order valence-electron chi connectivity index (χ4n) is 7.17. The molecule has 1 unspecified atom stereocenters. The highest BCUT2D eigenvalue weighted by atomic mass is 32.2. The molecule has 9 nitrogen and oxygen atoms in total. The molecule has 0 radical (unpaired) electrons. The topological polar surface area (TPSA) is 99.6 Å². The number of likely N-dealkylation sites (tertiary alicyclic amines) is 1. The van der Waals surface area contributed by atoms with Crippen molar-refractivity contribution < 1.29 is 29.0 Å². The summed E-state index contributed by atoms with van der Waals surface area (Å²) in [7, 11) is 1.59. The minimum absolute atomic E-state index is 0.111. The fraction of sp³-hybridized carbons (Fsp3) is 0.441. The van der Waals surface area contributed by atoms with Crippen LogP contribution in [0.3, 0.4) is 0 Å². The van der Waals surface area contributed by atoms with Crippen molar-refractivity contribution >= 4 is 40.9 Å². The molecule has 1 N–H and O–H groups in total. The van der Waals surface area contributed by atoms with Crippen molar-refractivity contribution in [2.24, 2.45) is 17.8 Å². The van der Waals surface area contributed by atoms with Gasteiger partial charge in [-0.3, -0.25) is 14.4 Å². The summed E-state index contributed by atoms with van der Waals surface area (Å²) >= 11 is 1.53. The third kappa shape index (κ3) is 4.79. The van der Waals surface area contributed by atoms with Gasteiger partial charge in [0.15, 0.2) is 0 Å². The first-order valence-electron chi connectivity index (χ1n) is 15.2. The maximum atomic E-state index is 14.7. The Bertz CT molecular complexity index is 1470. The van der Waals surface area contributed by atoms with Gasteiger partial charge in [0.05, 0.1) is 42.9 Å². The Morgan fingerprint density at radius 3 is 2.11 bits per heavy atom. The lowest BCUT2D eigenvalue weighted by atomic mass is 9.78. The van der Waals surface area contributed by atoms with E-state index in [4.69, 9.17) is 9.47 Å². The van der Waals surface area contributed by atoms with E-state index < -0.39 is 28.7 Å². The number of aliphatic hydroxyl groups is 1. The van der Waals surface area contributed by atoms with Gasteiger partial charge >= 0.3 is 0 Å². The van der Waals surface area contributed by atoms with E-state index in [1.807, 2.05) is 81.5 Å². The molecule has 6 rings (SSSR count). The molecule has 6 atom stereocenters. The molecule has 4 aliphatic rings. The summed E-state index contributed by atoms with van der Waals surface area (Å²) in [6, 6.07) is 13.2. The van der Waals surface area contributed by atoms with Gasteiger partial charge in [-0.25, -0.2) is 0 Å². The number of nitrogens with zero attached hydrogens (tertiary/aromatic N) is 3. The quantitative estimate of drug-likeness (QED) is 0.449. The van der Waals surface area contributed by atoms with Gasteiger partial charge in [-0.2, -0.15) is 0 Å². The second-order valence-corrected chi connectivity index (χ2v) is 13.4. The van der Waals surface area contributed by atoms with Gasteiger partial charge in [0, 0.05) is 29.7 Å². The van der Waals surface area contributed by atoms with Crippen molar-refractivity contribution in [3.05, 3.63) is 72.8 Å².